The highest BCUT2D eigenvalue weighted by Crippen LogP contribution is 2.32. The van der Waals surface area contributed by atoms with Crippen molar-refractivity contribution in [2.45, 2.75) is 36.6 Å². The Morgan fingerprint density at radius 3 is 2.29 bits per heavy atom. The zero-order valence-corrected chi connectivity index (χ0v) is 15.0. The molecule has 28 heavy (non-hydrogen) atoms. The number of aldehydes is 1. The molecule has 0 aliphatic carbocycles. The van der Waals surface area contributed by atoms with Crippen molar-refractivity contribution in [1.29, 1.82) is 0 Å². The van der Waals surface area contributed by atoms with E-state index in [0.717, 1.165) is 0 Å². The first kappa shape index (κ1) is 23.9. The monoisotopic (exact) mass is 435 g/mol. The highest BCUT2D eigenvalue weighted by Gasteiger charge is 2.50. The number of nitrogens with one attached hydrogen (secondary N) is 1. The van der Waals surface area contributed by atoms with Crippen LogP contribution in [0.3, 0.4) is 0 Å². The number of hydrogen-bond donors (Lipinski definition) is 1. The van der Waals surface area contributed by atoms with Crippen LogP contribution in [0.15, 0.2) is 29.2 Å². The fourth-order valence-corrected chi connectivity index (χ4v) is 3.48. The number of hydrogen-bond acceptors (Lipinski definition) is 5. The van der Waals surface area contributed by atoms with Crippen LogP contribution in [0.5, 0.6) is 0 Å². The molecule has 0 saturated carbocycles. The van der Waals surface area contributed by atoms with Crippen LogP contribution in [0.1, 0.15) is 18.9 Å². The molecule has 0 aliphatic heterocycles. The molecule has 0 aromatic heterocycles. The Balaban J connectivity index is 3.35. The molecule has 0 heterocycles. The second-order valence-corrected chi connectivity index (χ2v) is 7.14. The summed E-state index contributed by atoms with van der Waals surface area (Å²) >= 11 is 0. The molecular formula is C15H15F6NO5S. The van der Waals surface area contributed by atoms with Crippen LogP contribution in [0, 0.1) is 5.92 Å². The van der Waals surface area contributed by atoms with Gasteiger partial charge < -0.3 is 9.53 Å². The number of benzene rings is 1. The molecule has 158 valence electrons. The van der Waals surface area contributed by atoms with E-state index in [1.54, 1.807) is 0 Å². The van der Waals surface area contributed by atoms with Crippen molar-refractivity contribution in [3.05, 3.63) is 29.8 Å². The van der Waals surface area contributed by atoms with Crippen LogP contribution < -0.4 is 4.72 Å². The fraction of sp³-hybridized carbons (Fsp3) is 0.467. The van der Waals surface area contributed by atoms with Gasteiger partial charge in [-0.15, -0.1) is 0 Å². The molecule has 0 radical (unpaired) electrons. The van der Waals surface area contributed by atoms with Crippen molar-refractivity contribution in [1.82, 2.24) is 4.72 Å². The quantitative estimate of drug-likeness (QED) is 0.385. The summed E-state index contributed by atoms with van der Waals surface area (Å²) in [6, 6.07) is -1.04. The number of ether oxygens (including phenoxy) is 1. The third kappa shape index (κ3) is 6.19. The van der Waals surface area contributed by atoms with E-state index in [1.165, 1.54) is 11.6 Å². The number of carbonyl (C=O) groups is 2. The number of halogens is 6. The standard InChI is InChI=1S/C15H15F6NO5S/c1-2-27-13(24)11(6-7-23)12(15(19,20)21)22-28(25,26)10-5-3-4-9(8-10)14(16,17)18/h3-5,7-8,11-12,22H,2,6H2,1H3/t11-,12-/m1/s1. The van der Waals surface area contributed by atoms with Crippen molar-refractivity contribution in [3.63, 3.8) is 0 Å². The van der Waals surface area contributed by atoms with E-state index in [4.69, 9.17) is 0 Å². The second kappa shape index (κ2) is 8.90. The molecule has 0 fully saturated rings. The molecule has 1 aromatic rings. The van der Waals surface area contributed by atoms with E-state index in [-0.39, 0.29) is 19.0 Å². The van der Waals surface area contributed by atoms with Gasteiger partial charge in [0.15, 0.2) is 0 Å². The summed E-state index contributed by atoms with van der Waals surface area (Å²) in [5.74, 6) is -3.73. The normalized spacial score (nSPS) is 15.0. The van der Waals surface area contributed by atoms with Gasteiger partial charge in [0.25, 0.3) is 0 Å². The molecule has 0 amide bonds. The zero-order chi connectivity index (χ0) is 21.8. The maximum absolute atomic E-state index is 13.4. The van der Waals surface area contributed by atoms with Crippen LogP contribution in [0.2, 0.25) is 0 Å². The van der Waals surface area contributed by atoms with Gasteiger partial charge in [-0.1, -0.05) is 6.07 Å². The number of rotatable bonds is 8. The summed E-state index contributed by atoms with van der Waals surface area (Å²) < 4.78 is 108. The Labute approximate surface area is 155 Å². The molecule has 0 saturated heterocycles. The fourth-order valence-electron chi connectivity index (χ4n) is 2.17. The molecule has 1 N–H and O–H groups in total. The minimum atomic E-state index is -5.34. The molecule has 0 unspecified atom stereocenters. The Hall–Kier alpha value is -2.15. The van der Waals surface area contributed by atoms with Gasteiger partial charge in [-0.3, -0.25) is 4.79 Å². The van der Waals surface area contributed by atoms with Crippen LogP contribution >= 0.6 is 0 Å². The van der Waals surface area contributed by atoms with Crippen molar-refractivity contribution < 1.29 is 49.1 Å². The molecule has 0 aliphatic rings. The minimum absolute atomic E-state index is 0.0289. The zero-order valence-electron chi connectivity index (χ0n) is 14.2. The summed E-state index contributed by atoms with van der Waals surface area (Å²) in [5, 5.41) is 0. The highest BCUT2D eigenvalue weighted by atomic mass is 32.2. The maximum atomic E-state index is 13.4. The summed E-state index contributed by atoms with van der Waals surface area (Å²) in [7, 11) is -5.13. The van der Waals surface area contributed by atoms with E-state index < -0.39 is 57.2 Å². The molecule has 6 nitrogen and oxygen atoms in total. The van der Waals surface area contributed by atoms with E-state index in [9.17, 15) is 44.3 Å². The molecule has 1 rings (SSSR count). The predicted molar refractivity (Wildman–Crippen MR) is 82.4 cm³/mol. The summed E-state index contributed by atoms with van der Waals surface area (Å²) in [5.41, 5.74) is -1.39. The number of carbonyl (C=O) groups excluding carboxylic acids is 2. The first-order valence-electron chi connectivity index (χ1n) is 7.60. The molecular weight excluding hydrogens is 420 g/mol. The third-order valence-corrected chi connectivity index (χ3v) is 4.89. The molecule has 2 atom stereocenters. The Kier molecular flexibility index (Phi) is 7.59. The lowest BCUT2D eigenvalue weighted by molar-refractivity contribution is -0.179. The first-order valence-corrected chi connectivity index (χ1v) is 9.09. The Bertz CT molecular complexity index is 806. The average Bonchev–Trinajstić information content (AvgIpc) is 2.56. The molecule has 0 bridgehead atoms. The van der Waals surface area contributed by atoms with Crippen LogP contribution in [-0.4, -0.2) is 39.5 Å². The summed E-state index contributed by atoms with van der Waals surface area (Å²) in [4.78, 5) is 21.3. The van der Waals surface area contributed by atoms with Crippen molar-refractivity contribution >= 4 is 22.3 Å². The number of alkyl halides is 6. The summed E-state index contributed by atoms with van der Waals surface area (Å²) in [6.07, 6.45) is -11.3. The van der Waals surface area contributed by atoms with Gasteiger partial charge in [0, 0.05) is 6.42 Å². The van der Waals surface area contributed by atoms with E-state index in [2.05, 4.69) is 4.74 Å². The van der Waals surface area contributed by atoms with Gasteiger partial charge in [-0.25, -0.2) is 8.42 Å². The Morgan fingerprint density at radius 1 is 1.21 bits per heavy atom. The minimum Gasteiger partial charge on any atom is -0.466 e. The number of esters is 1. The van der Waals surface area contributed by atoms with Crippen LogP contribution in [0.4, 0.5) is 26.3 Å². The molecule has 0 spiro atoms. The molecule has 13 heteroatoms. The Morgan fingerprint density at radius 2 is 1.82 bits per heavy atom. The van der Waals surface area contributed by atoms with Gasteiger partial charge in [-0.2, -0.15) is 31.1 Å². The van der Waals surface area contributed by atoms with Crippen molar-refractivity contribution in [2.24, 2.45) is 5.92 Å². The van der Waals surface area contributed by atoms with Crippen molar-refractivity contribution in [2.75, 3.05) is 6.61 Å². The van der Waals surface area contributed by atoms with Crippen LogP contribution in [-0.2, 0) is 30.5 Å². The van der Waals surface area contributed by atoms with E-state index in [0.29, 0.717) is 18.2 Å². The number of sulfonamides is 1. The van der Waals surface area contributed by atoms with Crippen LogP contribution in [0.25, 0.3) is 0 Å². The molecule has 1 aromatic carbocycles. The van der Waals surface area contributed by atoms with E-state index >= 15 is 0 Å². The van der Waals surface area contributed by atoms with Gasteiger partial charge in [0.2, 0.25) is 10.0 Å². The topological polar surface area (TPSA) is 89.5 Å². The maximum Gasteiger partial charge on any atom is 0.416 e. The SMILES string of the molecule is CCOC(=O)[C@H](CC=O)[C@@H](NS(=O)(=O)c1cccc(C(F)(F)F)c1)C(F)(F)F. The first-order chi connectivity index (χ1) is 12.7. The summed E-state index contributed by atoms with van der Waals surface area (Å²) in [6.45, 7) is 0.949. The largest absolute Gasteiger partial charge is 0.466 e. The smallest absolute Gasteiger partial charge is 0.416 e. The van der Waals surface area contributed by atoms with Gasteiger partial charge >= 0.3 is 18.3 Å². The lowest BCUT2D eigenvalue weighted by Gasteiger charge is -2.27. The second-order valence-electron chi connectivity index (χ2n) is 5.43. The van der Waals surface area contributed by atoms with Gasteiger partial charge in [0.05, 0.1) is 23.0 Å². The lowest BCUT2D eigenvalue weighted by Crippen LogP contribution is -2.52. The highest BCUT2D eigenvalue weighted by molar-refractivity contribution is 7.89. The van der Waals surface area contributed by atoms with Crippen molar-refractivity contribution in [3.8, 4) is 0 Å². The third-order valence-electron chi connectivity index (χ3n) is 3.45. The average molecular weight is 435 g/mol. The predicted octanol–water partition coefficient (Wildman–Crippen LogP) is 2.68. The van der Waals surface area contributed by atoms with Gasteiger partial charge in [-0.05, 0) is 25.1 Å². The lowest BCUT2D eigenvalue weighted by atomic mass is 9.97. The van der Waals surface area contributed by atoms with E-state index in [1.807, 2.05) is 0 Å². The van der Waals surface area contributed by atoms with Gasteiger partial charge in [0.1, 0.15) is 12.3 Å².